The molecule has 0 spiro atoms. The second-order valence-electron chi connectivity index (χ2n) is 6.18. The van der Waals surface area contributed by atoms with E-state index in [1.165, 1.54) is 29.5 Å². The molecule has 0 aromatic heterocycles. The highest BCUT2D eigenvalue weighted by Gasteiger charge is 2.22. The number of benzene rings is 1. The topological polar surface area (TPSA) is 20.2 Å². The first-order valence-electron chi connectivity index (χ1n) is 7.15. The minimum absolute atomic E-state index is 0.229. The summed E-state index contributed by atoms with van der Waals surface area (Å²) in [5.74, 6) is 1.49. The summed E-state index contributed by atoms with van der Waals surface area (Å²) in [6, 6.07) is 6.64. The fraction of sp³-hybridized carbons (Fsp3) is 0.529. The van der Waals surface area contributed by atoms with Crippen LogP contribution in [0, 0.1) is 11.8 Å². The number of hydrogen-bond acceptors (Lipinski definition) is 1. The molecule has 0 aliphatic heterocycles. The highest BCUT2D eigenvalue weighted by molar-refractivity contribution is 5.68. The van der Waals surface area contributed by atoms with E-state index in [0.717, 1.165) is 24.3 Å². The Kier molecular flexibility index (Phi) is 3.03. The summed E-state index contributed by atoms with van der Waals surface area (Å²) in [5.41, 5.74) is 5.38. The Labute approximate surface area is 110 Å². The lowest BCUT2D eigenvalue weighted by Crippen LogP contribution is -2.09. The van der Waals surface area contributed by atoms with E-state index in [-0.39, 0.29) is 6.10 Å². The van der Waals surface area contributed by atoms with Crippen molar-refractivity contribution in [3.63, 3.8) is 0 Å². The SMILES string of the molecule is CC1C=C(c2ccc3c(c2)CCC3O)CC(C)C1. The summed E-state index contributed by atoms with van der Waals surface area (Å²) >= 11 is 0. The second kappa shape index (κ2) is 4.55. The summed E-state index contributed by atoms with van der Waals surface area (Å²) in [4.78, 5) is 0. The zero-order chi connectivity index (χ0) is 12.7. The molecular weight excluding hydrogens is 220 g/mol. The van der Waals surface area contributed by atoms with Gasteiger partial charge in [0.25, 0.3) is 0 Å². The molecular formula is C17H22O. The quantitative estimate of drug-likeness (QED) is 0.785. The molecule has 1 aromatic rings. The van der Waals surface area contributed by atoms with E-state index in [0.29, 0.717) is 5.92 Å². The molecule has 2 aliphatic carbocycles. The molecule has 96 valence electrons. The van der Waals surface area contributed by atoms with Crippen molar-refractivity contribution in [2.24, 2.45) is 11.8 Å². The zero-order valence-electron chi connectivity index (χ0n) is 11.3. The predicted molar refractivity (Wildman–Crippen MR) is 75.3 cm³/mol. The van der Waals surface area contributed by atoms with Crippen molar-refractivity contribution in [3.8, 4) is 0 Å². The number of aliphatic hydroxyl groups excluding tert-OH is 1. The van der Waals surface area contributed by atoms with Crippen LogP contribution in [0.2, 0.25) is 0 Å². The van der Waals surface area contributed by atoms with Gasteiger partial charge in [0.2, 0.25) is 0 Å². The van der Waals surface area contributed by atoms with Crippen molar-refractivity contribution in [1.29, 1.82) is 0 Å². The van der Waals surface area contributed by atoms with Gasteiger partial charge in [-0.2, -0.15) is 0 Å². The van der Waals surface area contributed by atoms with Crippen molar-refractivity contribution in [3.05, 3.63) is 41.0 Å². The summed E-state index contributed by atoms with van der Waals surface area (Å²) < 4.78 is 0. The van der Waals surface area contributed by atoms with Crippen LogP contribution >= 0.6 is 0 Å². The number of hydrogen-bond donors (Lipinski definition) is 1. The molecule has 0 saturated carbocycles. The molecule has 0 saturated heterocycles. The fourth-order valence-corrected chi connectivity index (χ4v) is 3.58. The first kappa shape index (κ1) is 12.0. The van der Waals surface area contributed by atoms with Crippen LogP contribution in [0.4, 0.5) is 0 Å². The molecule has 3 rings (SSSR count). The second-order valence-corrected chi connectivity index (χ2v) is 6.18. The monoisotopic (exact) mass is 242 g/mol. The Morgan fingerprint density at radius 3 is 2.83 bits per heavy atom. The van der Waals surface area contributed by atoms with E-state index in [1.54, 1.807) is 0 Å². The van der Waals surface area contributed by atoms with Gasteiger partial charge < -0.3 is 5.11 Å². The minimum atomic E-state index is -0.229. The smallest absolute Gasteiger partial charge is 0.0795 e. The Bertz CT molecular complexity index is 486. The Hall–Kier alpha value is -1.08. The molecule has 3 unspecified atom stereocenters. The minimum Gasteiger partial charge on any atom is -0.388 e. The van der Waals surface area contributed by atoms with Gasteiger partial charge in [0.1, 0.15) is 0 Å². The number of allylic oxidation sites excluding steroid dienone is 2. The summed E-state index contributed by atoms with van der Waals surface area (Å²) in [5, 5.41) is 9.85. The van der Waals surface area contributed by atoms with E-state index in [4.69, 9.17) is 0 Å². The highest BCUT2D eigenvalue weighted by atomic mass is 16.3. The van der Waals surface area contributed by atoms with Gasteiger partial charge in [-0.3, -0.25) is 0 Å². The number of aryl methyl sites for hydroxylation is 1. The Morgan fingerprint density at radius 1 is 1.22 bits per heavy atom. The Balaban J connectivity index is 1.94. The van der Waals surface area contributed by atoms with E-state index in [1.807, 2.05) is 0 Å². The molecule has 0 fully saturated rings. The molecule has 0 bridgehead atoms. The van der Waals surface area contributed by atoms with Gasteiger partial charge in [-0.15, -0.1) is 0 Å². The molecule has 3 atom stereocenters. The van der Waals surface area contributed by atoms with Crippen LogP contribution in [-0.2, 0) is 6.42 Å². The molecule has 0 amide bonds. The van der Waals surface area contributed by atoms with Crippen molar-refractivity contribution in [2.45, 2.75) is 45.6 Å². The van der Waals surface area contributed by atoms with Gasteiger partial charge in [0.05, 0.1) is 6.10 Å². The van der Waals surface area contributed by atoms with Gasteiger partial charge in [0.15, 0.2) is 0 Å². The molecule has 18 heavy (non-hydrogen) atoms. The summed E-state index contributed by atoms with van der Waals surface area (Å²) in [6.45, 7) is 4.66. The maximum atomic E-state index is 9.85. The third kappa shape index (κ3) is 2.12. The third-order valence-corrected chi connectivity index (χ3v) is 4.39. The van der Waals surface area contributed by atoms with Crippen LogP contribution < -0.4 is 0 Å². The molecule has 1 aromatic carbocycles. The molecule has 1 nitrogen and oxygen atoms in total. The maximum Gasteiger partial charge on any atom is 0.0795 e. The van der Waals surface area contributed by atoms with Crippen molar-refractivity contribution < 1.29 is 5.11 Å². The zero-order valence-corrected chi connectivity index (χ0v) is 11.3. The maximum absolute atomic E-state index is 9.85. The average Bonchev–Trinajstić information content (AvgIpc) is 2.69. The van der Waals surface area contributed by atoms with Gasteiger partial charge in [-0.05, 0) is 59.8 Å². The molecule has 1 N–H and O–H groups in total. The van der Waals surface area contributed by atoms with Crippen LogP contribution in [-0.4, -0.2) is 5.11 Å². The average molecular weight is 242 g/mol. The van der Waals surface area contributed by atoms with Crippen LogP contribution in [0.25, 0.3) is 5.57 Å². The third-order valence-electron chi connectivity index (χ3n) is 4.39. The summed E-state index contributed by atoms with van der Waals surface area (Å²) in [7, 11) is 0. The van der Waals surface area contributed by atoms with E-state index >= 15 is 0 Å². The lowest BCUT2D eigenvalue weighted by Gasteiger charge is -2.24. The van der Waals surface area contributed by atoms with E-state index in [2.05, 4.69) is 38.1 Å². The van der Waals surface area contributed by atoms with Gasteiger partial charge in [-0.25, -0.2) is 0 Å². The van der Waals surface area contributed by atoms with Crippen LogP contribution in [0.1, 0.15) is 55.9 Å². The van der Waals surface area contributed by atoms with Gasteiger partial charge in [-0.1, -0.05) is 38.1 Å². The van der Waals surface area contributed by atoms with Gasteiger partial charge >= 0.3 is 0 Å². The first-order chi connectivity index (χ1) is 8.63. The van der Waals surface area contributed by atoms with Crippen molar-refractivity contribution in [2.75, 3.05) is 0 Å². The first-order valence-corrected chi connectivity index (χ1v) is 7.15. The predicted octanol–water partition coefficient (Wildman–Crippen LogP) is 4.12. The summed E-state index contributed by atoms with van der Waals surface area (Å²) in [6.07, 6.45) is 6.64. The van der Waals surface area contributed by atoms with Crippen molar-refractivity contribution in [1.82, 2.24) is 0 Å². The van der Waals surface area contributed by atoms with Crippen LogP contribution in [0.15, 0.2) is 24.3 Å². The molecule has 0 heterocycles. The molecule has 2 aliphatic rings. The normalized spacial score (nSPS) is 31.1. The van der Waals surface area contributed by atoms with Crippen LogP contribution in [0.3, 0.4) is 0 Å². The fourth-order valence-electron chi connectivity index (χ4n) is 3.58. The number of aliphatic hydroxyl groups is 1. The number of rotatable bonds is 1. The van der Waals surface area contributed by atoms with Crippen molar-refractivity contribution >= 4 is 5.57 Å². The van der Waals surface area contributed by atoms with Gasteiger partial charge in [0, 0.05) is 0 Å². The lowest BCUT2D eigenvalue weighted by molar-refractivity contribution is 0.180. The Morgan fingerprint density at radius 2 is 2.06 bits per heavy atom. The lowest BCUT2D eigenvalue weighted by atomic mass is 9.81. The number of fused-ring (bicyclic) bond motifs is 1. The largest absolute Gasteiger partial charge is 0.388 e. The molecule has 0 radical (unpaired) electrons. The standard InChI is InChI=1S/C17H22O/c1-11-7-12(2)9-15(8-11)13-3-5-16-14(10-13)4-6-17(16)18/h3,5,8,10-12,17-18H,4,6-7,9H2,1-2H3. The van der Waals surface area contributed by atoms with Crippen LogP contribution in [0.5, 0.6) is 0 Å². The van der Waals surface area contributed by atoms with E-state index < -0.39 is 0 Å². The molecule has 1 heteroatoms. The highest BCUT2D eigenvalue weighted by Crippen LogP contribution is 2.37. The van der Waals surface area contributed by atoms with E-state index in [9.17, 15) is 5.11 Å².